The van der Waals surface area contributed by atoms with Crippen LogP contribution in [-0.4, -0.2) is 0 Å². The molecule has 446 valence electrons. The predicted molar refractivity (Wildman–Crippen MR) is 433 cm³/mol. The van der Waals surface area contributed by atoms with Crippen LogP contribution in [0.2, 0.25) is 0 Å². The van der Waals surface area contributed by atoms with Crippen LogP contribution in [0.25, 0.3) is 0 Å². The molecule has 0 aliphatic heterocycles. The second kappa shape index (κ2) is 35.4. The zero-order valence-electron chi connectivity index (χ0n) is 46.5. The normalized spacial score (nSPS) is 11.1. The third-order valence-corrected chi connectivity index (χ3v) is 28.9. The maximum atomic E-state index is 13.3. The SMILES string of the molecule is FC(F)(F)c1ccc([S+](c2ccc(I)cc2)c2ccc(I)cc2)cc1.Fc1ccc([S+](c2ccc(I)cc2)c2ccc(I)cc2)cc1.Ic1ccc([S+](c2ccccc2)c2ccc(I)cc2)cc1.Ic1ccc([S+](c2ccccc2)c2ccccc2)cc1I. The molecule has 89 heavy (non-hydrogen) atoms. The lowest BCUT2D eigenvalue weighted by Crippen LogP contribution is -2.08. The Bertz CT molecular complexity index is 3880. The van der Waals surface area contributed by atoms with Crippen molar-refractivity contribution in [1.82, 2.24) is 0 Å². The molecule has 12 rings (SSSR count). The third kappa shape index (κ3) is 21.0. The molecule has 0 heterocycles. The highest BCUT2D eigenvalue weighted by Crippen LogP contribution is 2.38. The van der Waals surface area contributed by atoms with Gasteiger partial charge in [-0.15, -0.1) is 0 Å². The van der Waals surface area contributed by atoms with Crippen molar-refractivity contribution in [2.75, 3.05) is 0 Å². The van der Waals surface area contributed by atoms with Gasteiger partial charge in [0.2, 0.25) is 0 Å². The van der Waals surface area contributed by atoms with Crippen LogP contribution in [0.1, 0.15) is 5.56 Å². The molecule has 0 spiro atoms. The number of alkyl halides is 3. The summed E-state index contributed by atoms with van der Waals surface area (Å²) in [6, 6.07) is 102. The van der Waals surface area contributed by atoms with Crippen molar-refractivity contribution < 1.29 is 17.6 Å². The van der Waals surface area contributed by atoms with Crippen LogP contribution in [-0.2, 0) is 49.8 Å². The minimum Gasteiger partial charge on any atom is -0.207 e. The topological polar surface area (TPSA) is 0 Å². The van der Waals surface area contributed by atoms with E-state index in [0.717, 1.165) is 38.9 Å². The second-order valence-corrected chi connectivity index (χ2v) is 36.8. The molecule has 0 aliphatic carbocycles. The molecule has 0 N–H and O–H groups in total. The van der Waals surface area contributed by atoms with Crippen LogP contribution < -0.4 is 0 Å². The zero-order valence-corrected chi connectivity index (χ0v) is 67.1. The Hall–Kier alpha value is -2.40. The van der Waals surface area contributed by atoms with Crippen LogP contribution in [0.4, 0.5) is 17.6 Å². The average molecular weight is 2150 g/mol. The summed E-state index contributed by atoms with van der Waals surface area (Å²) in [6.45, 7) is 0. The first-order valence-corrected chi connectivity index (χ1v) is 40.5. The Kier molecular flexibility index (Phi) is 28.2. The van der Waals surface area contributed by atoms with Crippen LogP contribution in [0.5, 0.6) is 0 Å². The predicted octanol–water partition coefficient (Wildman–Crippen LogP) is 25.1. The Morgan fingerprint density at radius 1 is 0.213 bits per heavy atom. The monoisotopic (exact) mass is 2150 g/mol. The number of hydrogen-bond acceptors (Lipinski definition) is 0. The molecule has 0 aromatic heterocycles. The number of halogens is 12. The smallest absolute Gasteiger partial charge is 0.207 e. The summed E-state index contributed by atoms with van der Waals surface area (Å²) >= 11 is 18.6. The van der Waals surface area contributed by atoms with Crippen molar-refractivity contribution in [3.8, 4) is 0 Å². The lowest BCUT2D eigenvalue weighted by Gasteiger charge is -2.10. The molecule has 0 atom stereocenters. The van der Waals surface area contributed by atoms with Gasteiger partial charge >= 0.3 is 6.18 Å². The van der Waals surface area contributed by atoms with E-state index in [1.807, 2.05) is 60.7 Å². The molecule has 0 bridgehead atoms. The summed E-state index contributed by atoms with van der Waals surface area (Å²) in [7, 11) is -0.732. The van der Waals surface area contributed by atoms with Crippen molar-refractivity contribution in [3.63, 3.8) is 0 Å². The van der Waals surface area contributed by atoms with E-state index in [1.54, 1.807) is 12.1 Å². The molecule has 16 heteroatoms. The molecule has 0 fully saturated rings. The third-order valence-electron chi connectivity index (χ3n) is 12.8. The van der Waals surface area contributed by atoms with Crippen molar-refractivity contribution in [2.45, 2.75) is 64.9 Å². The second-order valence-electron chi connectivity index (χ2n) is 18.9. The molecule has 0 unspecified atom stereocenters. The Balaban J connectivity index is 0.000000141. The fourth-order valence-electron chi connectivity index (χ4n) is 8.68. The first-order valence-electron chi connectivity index (χ1n) is 27.0. The Morgan fingerprint density at radius 3 is 0.652 bits per heavy atom. The fourth-order valence-corrected chi connectivity index (χ4v) is 20.2. The van der Waals surface area contributed by atoms with Gasteiger partial charge in [0, 0.05) is 34.6 Å². The van der Waals surface area contributed by atoms with Crippen LogP contribution in [0, 0.1) is 34.4 Å². The summed E-state index contributed by atoms with van der Waals surface area (Å²) in [6.07, 6.45) is -4.32. The number of rotatable bonds is 12. The molecule has 0 aliphatic rings. The van der Waals surface area contributed by atoms with E-state index >= 15 is 0 Å². The molecular weight excluding hydrogens is 2100 g/mol. The van der Waals surface area contributed by atoms with E-state index in [0.29, 0.717) is 0 Å². The van der Waals surface area contributed by atoms with Crippen LogP contribution >= 0.6 is 181 Å². The van der Waals surface area contributed by atoms with Crippen molar-refractivity contribution >= 4 is 224 Å². The molecule has 12 aromatic rings. The van der Waals surface area contributed by atoms with Crippen LogP contribution in [0.15, 0.2) is 362 Å². The highest BCUT2D eigenvalue weighted by molar-refractivity contribution is 14.1. The minimum atomic E-state index is -4.32. The summed E-state index contributed by atoms with van der Waals surface area (Å²) in [4.78, 5) is 14.8. The maximum absolute atomic E-state index is 13.3. The summed E-state index contributed by atoms with van der Waals surface area (Å²) in [5, 5.41) is 0. The van der Waals surface area contributed by atoms with Gasteiger partial charge in [0.15, 0.2) is 58.7 Å². The maximum Gasteiger partial charge on any atom is 0.416 e. The van der Waals surface area contributed by atoms with Gasteiger partial charge in [0.25, 0.3) is 0 Å². The Morgan fingerprint density at radius 2 is 0.416 bits per heavy atom. The quantitative estimate of drug-likeness (QED) is 0.0650. The first kappa shape index (κ1) is 70.9. The van der Waals surface area contributed by atoms with E-state index < -0.39 is 22.6 Å². The van der Waals surface area contributed by atoms with Gasteiger partial charge in [-0.3, -0.25) is 0 Å². The van der Waals surface area contributed by atoms with E-state index in [4.69, 9.17) is 0 Å². The average Bonchev–Trinajstić information content (AvgIpc) is 2.71. The number of hydrogen-bond donors (Lipinski definition) is 0. The van der Waals surface area contributed by atoms with E-state index in [9.17, 15) is 17.6 Å². The molecule has 0 saturated carbocycles. The molecule has 0 nitrogen and oxygen atoms in total. The number of benzene rings is 12. The molecule has 0 radical (unpaired) electrons. The van der Waals surface area contributed by atoms with Crippen molar-refractivity contribution in [3.05, 3.63) is 343 Å². The zero-order chi connectivity index (χ0) is 62.9. The lowest BCUT2D eigenvalue weighted by molar-refractivity contribution is -0.137. The highest BCUT2D eigenvalue weighted by Gasteiger charge is 2.35. The molecule has 12 aromatic carbocycles. The molecule has 0 amide bonds. The van der Waals surface area contributed by atoms with Gasteiger partial charge in [-0.25, -0.2) is 4.39 Å². The lowest BCUT2D eigenvalue weighted by atomic mass is 10.2. The van der Waals surface area contributed by atoms with Gasteiger partial charge in [-0.05, 0) is 423 Å². The van der Waals surface area contributed by atoms with E-state index in [-0.39, 0.29) is 38.5 Å². The van der Waals surface area contributed by atoms with Gasteiger partial charge in [-0.1, -0.05) is 54.6 Å². The highest BCUT2D eigenvalue weighted by atomic mass is 127. The standard InChI is InChI=1S/C19H12F3I2S.C18H12FI2S.2C18H13I2S/c20-19(21,22)13-1-7-16(8-2-13)25(17-9-3-14(23)4-10-17)18-11-5-15(24)6-12-18;19-13-1-7-16(8-2-13)22(17-9-3-14(20)4-10-17)18-11-5-15(21)6-12-18;19-17-12-11-16(13-18(17)20)21(14-7-3-1-4-8-14)15-9-5-2-6-10-15;19-14-6-10-17(11-7-14)21(16-4-2-1-3-5-16)18-12-8-15(20)9-13-18/h1-12H;1-12H;2*1-13H/q4*+1. The molecular formula is C73H50F4I8S4+4. The van der Waals surface area contributed by atoms with Crippen molar-refractivity contribution in [2.24, 2.45) is 0 Å². The summed E-state index contributed by atoms with van der Waals surface area (Å²) in [5.74, 6) is -0.197. The summed E-state index contributed by atoms with van der Waals surface area (Å²) in [5.41, 5.74) is -0.620. The fraction of sp³-hybridized carbons (Fsp3) is 0.0137. The van der Waals surface area contributed by atoms with Gasteiger partial charge in [0.05, 0.1) is 49.1 Å². The summed E-state index contributed by atoms with van der Waals surface area (Å²) < 4.78 is 61.7. The minimum absolute atomic E-state index is 0.0378. The van der Waals surface area contributed by atoms with Gasteiger partial charge in [-0.2, -0.15) is 13.2 Å². The molecule has 0 saturated heterocycles. The van der Waals surface area contributed by atoms with Gasteiger partial charge < -0.3 is 0 Å². The largest absolute Gasteiger partial charge is 0.416 e. The van der Waals surface area contributed by atoms with Gasteiger partial charge in [0.1, 0.15) is 5.82 Å². The Labute approximate surface area is 640 Å². The first-order chi connectivity index (χ1) is 43.0. The van der Waals surface area contributed by atoms with Crippen molar-refractivity contribution in [1.29, 1.82) is 0 Å². The van der Waals surface area contributed by atoms with E-state index in [1.165, 1.54) is 72.7 Å². The van der Waals surface area contributed by atoms with E-state index in [2.05, 4.69) is 387 Å². The van der Waals surface area contributed by atoms with Crippen LogP contribution in [0.3, 0.4) is 0 Å².